The molecule has 1 fully saturated rings. The van der Waals surface area contributed by atoms with Crippen molar-refractivity contribution in [1.82, 2.24) is 19.4 Å². The molecule has 0 radical (unpaired) electrons. The molecule has 0 saturated carbocycles. The van der Waals surface area contributed by atoms with Gasteiger partial charge < -0.3 is 14.4 Å². The zero-order chi connectivity index (χ0) is 18.3. The van der Waals surface area contributed by atoms with Gasteiger partial charge in [-0.15, -0.1) is 0 Å². The number of hydrogen-bond donors (Lipinski definition) is 0. The van der Waals surface area contributed by atoms with Crippen LogP contribution in [0.15, 0.2) is 24.5 Å². The molecule has 2 aliphatic rings. The average Bonchev–Trinajstić information content (AvgIpc) is 3.27. The van der Waals surface area contributed by atoms with Crippen LogP contribution >= 0.6 is 0 Å². The number of carbonyl (C=O) groups excluding carboxylic acids is 1. The van der Waals surface area contributed by atoms with Crippen LogP contribution in [0.4, 0.5) is 4.79 Å². The summed E-state index contributed by atoms with van der Waals surface area (Å²) in [6, 6.07) is 4.32. The fraction of sp³-hybridized carbons (Fsp3) is 0.450. The van der Waals surface area contributed by atoms with Gasteiger partial charge in [-0.2, -0.15) is 5.26 Å². The molecule has 3 heterocycles. The SMILES string of the molecule is C[C@@H]1CCN(C(=O)N(C)CC#N)C[C@@H]1n1ccc2cnc3c(c21)C=CC3. The van der Waals surface area contributed by atoms with Gasteiger partial charge in [0.15, 0.2) is 0 Å². The Morgan fingerprint density at radius 3 is 3.15 bits per heavy atom. The number of allylic oxidation sites excluding steroid dienone is 1. The number of pyridine rings is 1. The van der Waals surface area contributed by atoms with E-state index in [2.05, 4.69) is 40.9 Å². The molecule has 2 atom stereocenters. The predicted octanol–water partition coefficient (Wildman–Crippen LogP) is 3.06. The maximum absolute atomic E-state index is 12.6. The lowest BCUT2D eigenvalue weighted by atomic mass is 9.93. The van der Waals surface area contributed by atoms with Crippen molar-refractivity contribution in [3.8, 4) is 6.07 Å². The smallest absolute Gasteiger partial charge is 0.320 e. The van der Waals surface area contributed by atoms with Crippen LogP contribution in [0.1, 0.15) is 30.6 Å². The first kappa shape index (κ1) is 16.6. The van der Waals surface area contributed by atoms with Gasteiger partial charge in [-0.05, 0) is 18.4 Å². The Morgan fingerprint density at radius 1 is 1.50 bits per heavy atom. The summed E-state index contributed by atoms with van der Waals surface area (Å²) in [5, 5.41) is 10.0. The minimum Gasteiger partial charge on any atom is -0.342 e. The molecule has 2 aromatic heterocycles. The molecular weight excluding hydrogens is 326 g/mol. The van der Waals surface area contributed by atoms with E-state index in [-0.39, 0.29) is 18.6 Å². The Kier molecular flexibility index (Phi) is 4.15. The van der Waals surface area contributed by atoms with E-state index in [0.29, 0.717) is 12.5 Å². The average molecular weight is 349 g/mol. The molecule has 0 N–H and O–H groups in total. The fourth-order valence-corrected chi connectivity index (χ4v) is 4.12. The third-order valence-electron chi connectivity index (χ3n) is 5.65. The number of carbonyl (C=O) groups is 1. The third-order valence-corrected chi connectivity index (χ3v) is 5.65. The van der Waals surface area contributed by atoms with Gasteiger partial charge in [0.05, 0.1) is 23.3 Å². The number of aromatic nitrogens is 2. The lowest BCUT2D eigenvalue weighted by molar-refractivity contribution is 0.121. The molecule has 0 unspecified atom stereocenters. The molecule has 1 aliphatic heterocycles. The van der Waals surface area contributed by atoms with Gasteiger partial charge in [0.1, 0.15) is 6.54 Å². The van der Waals surface area contributed by atoms with Crippen LogP contribution in [0.2, 0.25) is 0 Å². The van der Waals surface area contributed by atoms with Crippen molar-refractivity contribution in [2.24, 2.45) is 5.92 Å². The number of nitrogens with zero attached hydrogens (tertiary/aromatic N) is 5. The van der Waals surface area contributed by atoms with E-state index in [4.69, 9.17) is 5.26 Å². The summed E-state index contributed by atoms with van der Waals surface area (Å²) in [5.74, 6) is 0.477. The molecule has 2 amide bonds. The first-order chi connectivity index (χ1) is 12.6. The third kappa shape index (κ3) is 2.64. The molecule has 0 spiro atoms. The lowest BCUT2D eigenvalue weighted by Crippen LogP contribution is -2.48. The fourth-order valence-electron chi connectivity index (χ4n) is 4.12. The molecule has 2 aromatic rings. The zero-order valence-electron chi connectivity index (χ0n) is 15.2. The number of piperidine rings is 1. The number of likely N-dealkylation sites (tertiary alicyclic amines) is 1. The summed E-state index contributed by atoms with van der Waals surface area (Å²) < 4.78 is 2.33. The van der Waals surface area contributed by atoms with Crippen LogP contribution in [0.5, 0.6) is 0 Å². The van der Waals surface area contributed by atoms with Crippen LogP contribution < -0.4 is 0 Å². The maximum Gasteiger partial charge on any atom is 0.320 e. The molecule has 134 valence electrons. The van der Waals surface area contributed by atoms with Crippen LogP contribution in [-0.2, 0) is 6.42 Å². The summed E-state index contributed by atoms with van der Waals surface area (Å²) >= 11 is 0. The minimum atomic E-state index is -0.0632. The number of fused-ring (bicyclic) bond motifs is 3. The summed E-state index contributed by atoms with van der Waals surface area (Å²) in [7, 11) is 1.69. The highest BCUT2D eigenvalue weighted by atomic mass is 16.2. The summed E-state index contributed by atoms with van der Waals surface area (Å²) in [4.78, 5) is 20.6. The molecule has 1 aliphatic carbocycles. The van der Waals surface area contributed by atoms with Crippen LogP contribution in [0.3, 0.4) is 0 Å². The van der Waals surface area contributed by atoms with Crippen molar-refractivity contribution in [1.29, 1.82) is 5.26 Å². The minimum absolute atomic E-state index is 0.0632. The van der Waals surface area contributed by atoms with Crippen molar-refractivity contribution in [3.05, 3.63) is 35.8 Å². The summed E-state index contributed by atoms with van der Waals surface area (Å²) in [6.45, 7) is 3.78. The first-order valence-electron chi connectivity index (χ1n) is 9.12. The van der Waals surface area contributed by atoms with E-state index in [1.54, 1.807) is 7.05 Å². The van der Waals surface area contributed by atoms with Gasteiger partial charge in [0, 0.05) is 49.9 Å². The van der Waals surface area contributed by atoms with E-state index in [1.807, 2.05) is 17.2 Å². The Labute approximate surface area is 153 Å². The van der Waals surface area contributed by atoms with Crippen molar-refractivity contribution >= 4 is 23.0 Å². The second-order valence-electron chi connectivity index (χ2n) is 7.33. The van der Waals surface area contributed by atoms with Gasteiger partial charge >= 0.3 is 6.03 Å². The molecule has 6 nitrogen and oxygen atoms in total. The van der Waals surface area contributed by atoms with E-state index in [9.17, 15) is 4.79 Å². The first-order valence-corrected chi connectivity index (χ1v) is 9.12. The molecule has 1 saturated heterocycles. The normalized spacial score (nSPS) is 21.7. The van der Waals surface area contributed by atoms with Crippen molar-refractivity contribution in [2.75, 3.05) is 26.7 Å². The highest BCUT2D eigenvalue weighted by Crippen LogP contribution is 2.35. The summed E-state index contributed by atoms with van der Waals surface area (Å²) in [5.41, 5.74) is 3.56. The second kappa shape index (κ2) is 6.49. The van der Waals surface area contributed by atoms with Crippen molar-refractivity contribution in [3.63, 3.8) is 0 Å². The predicted molar refractivity (Wildman–Crippen MR) is 101 cm³/mol. The Balaban J connectivity index is 1.68. The highest BCUT2D eigenvalue weighted by molar-refractivity contribution is 5.90. The Morgan fingerprint density at radius 2 is 2.35 bits per heavy atom. The van der Waals surface area contributed by atoms with Crippen LogP contribution in [-0.4, -0.2) is 52.1 Å². The molecule has 6 heteroatoms. The van der Waals surface area contributed by atoms with E-state index in [1.165, 1.54) is 16.0 Å². The van der Waals surface area contributed by atoms with Gasteiger partial charge in [0.25, 0.3) is 0 Å². The highest BCUT2D eigenvalue weighted by Gasteiger charge is 2.32. The van der Waals surface area contributed by atoms with Crippen LogP contribution in [0, 0.1) is 17.2 Å². The van der Waals surface area contributed by atoms with Gasteiger partial charge in [0.2, 0.25) is 0 Å². The standard InChI is InChI=1S/C20H23N5O/c1-14-6-9-24(20(26)23(2)11-8-21)13-18(14)25-10-7-15-12-22-17-5-3-4-16(17)19(15)25/h3-4,7,10,12,14,18H,5-6,9,11,13H2,1-2H3/t14-,18+/m1/s1. The Hall–Kier alpha value is -2.81. The molecular formula is C20H23N5O. The Bertz CT molecular complexity index is 922. The van der Waals surface area contributed by atoms with Gasteiger partial charge in [-0.3, -0.25) is 4.98 Å². The topological polar surface area (TPSA) is 65.2 Å². The molecule has 0 bridgehead atoms. The largest absolute Gasteiger partial charge is 0.342 e. The number of nitriles is 1. The summed E-state index contributed by atoms with van der Waals surface area (Å²) in [6.07, 6.45) is 10.3. The van der Waals surface area contributed by atoms with Crippen LogP contribution in [0.25, 0.3) is 17.0 Å². The molecule has 0 aromatic carbocycles. The maximum atomic E-state index is 12.6. The van der Waals surface area contributed by atoms with Crippen molar-refractivity contribution in [2.45, 2.75) is 25.8 Å². The zero-order valence-corrected chi connectivity index (χ0v) is 15.2. The second-order valence-corrected chi connectivity index (χ2v) is 7.33. The number of amides is 2. The lowest BCUT2D eigenvalue weighted by Gasteiger charge is -2.39. The van der Waals surface area contributed by atoms with Gasteiger partial charge in [-0.1, -0.05) is 19.1 Å². The van der Waals surface area contributed by atoms with E-state index in [0.717, 1.165) is 30.5 Å². The monoisotopic (exact) mass is 349 g/mol. The van der Waals surface area contributed by atoms with E-state index >= 15 is 0 Å². The quantitative estimate of drug-likeness (QED) is 0.783. The number of urea groups is 1. The number of rotatable bonds is 2. The van der Waals surface area contributed by atoms with Gasteiger partial charge in [-0.25, -0.2) is 4.79 Å². The van der Waals surface area contributed by atoms with Crippen molar-refractivity contribution < 1.29 is 4.79 Å². The molecule has 4 rings (SSSR count). The molecule has 26 heavy (non-hydrogen) atoms. The van der Waals surface area contributed by atoms with E-state index < -0.39 is 0 Å². The number of hydrogen-bond acceptors (Lipinski definition) is 3.